The summed E-state index contributed by atoms with van der Waals surface area (Å²) >= 11 is 1.32. The first-order valence-corrected chi connectivity index (χ1v) is 7.08. The van der Waals surface area contributed by atoms with E-state index < -0.39 is 0 Å². The minimum absolute atomic E-state index is 0.205. The van der Waals surface area contributed by atoms with Gasteiger partial charge in [0.2, 0.25) is 0 Å². The molecular formula is C13H15FN4S. The number of nitrogens with one attached hydrogen (secondary N) is 1. The molecule has 19 heavy (non-hydrogen) atoms. The summed E-state index contributed by atoms with van der Waals surface area (Å²) in [6.07, 6.45) is 3.92. The van der Waals surface area contributed by atoms with E-state index in [1.165, 1.54) is 37.0 Å². The van der Waals surface area contributed by atoms with Crippen molar-refractivity contribution in [2.24, 2.45) is 7.05 Å². The summed E-state index contributed by atoms with van der Waals surface area (Å²) < 4.78 is 15.7. The number of benzene rings is 1. The highest BCUT2D eigenvalue weighted by atomic mass is 32.2. The van der Waals surface area contributed by atoms with Gasteiger partial charge in [-0.15, -0.1) is 0 Å². The van der Waals surface area contributed by atoms with Gasteiger partial charge in [0.15, 0.2) is 5.16 Å². The Balaban J connectivity index is 1.83. The lowest BCUT2D eigenvalue weighted by Crippen LogP contribution is -2.16. The fourth-order valence-corrected chi connectivity index (χ4v) is 2.72. The van der Waals surface area contributed by atoms with Gasteiger partial charge in [-0.2, -0.15) is 5.10 Å². The summed E-state index contributed by atoms with van der Waals surface area (Å²) in [4.78, 5) is 4.76. The standard InChI is InChI=1S/C13H15FN4S/c1-18-13(16-8-17-18)19-12-9(3-2-4-11(12)14)7-15-10-5-6-10/h2-4,8,10,15H,5-7H2,1H3. The molecule has 1 aliphatic rings. The first kappa shape index (κ1) is 12.6. The van der Waals surface area contributed by atoms with Crippen LogP contribution in [-0.2, 0) is 13.6 Å². The predicted octanol–water partition coefficient (Wildman–Crippen LogP) is 2.36. The molecule has 1 fully saturated rings. The van der Waals surface area contributed by atoms with Crippen LogP contribution >= 0.6 is 11.8 Å². The summed E-state index contributed by atoms with van der Waals surface area (Å²) in [5.74, 6) is -0.205. The molecule has 0 unspecified atom stereocenters. The Bertz CT molecular complexity index is 580. The van der Waals surface area contributed by atoms with Gasteiger partial charge in [-0.05, 0) is 36.2 Å². The fourth-order valence-electron chi connectivity index (χ4n) is 1.82. The number of halogens is 1. The van der Waals surface area contributed by atoms with Crippen LogP contribution in [0.5, 0.6) is 0 Å². The highest BCUT2D eigenvalue weighted by Gasteiger charge is 2.21. The van der Waals surface area contributed by atoms with Crippen molar-refractivity contribution in [2.75, 3.05) is 0 Å². The number of nitrogens with zero attached hydrogens (tertiary/aromatic N) is 3. The van der Waals surface area contributed by atoms with Crippen LogP contribution in [0.1, 0.15) is 18.4 Å². The maximum atomic E-state index is 14.0. The van der Waals surface area contributed by atoms with Crippen LogP contribution in [0.25, 0.3) is 0 Å². The van der Waals surface area contributed by atoms with Gasteiger partial charge in [0.25, 0.3) is 0 Å². The van der Waals surface area contributed by atoms with Crippen molar-refractivity contribution < 1.29 is 4.39 Å². The van der Waals surface area contributed by atoms with Gasteiger partial charge in [0.05, 0.1) is 4.90 Å². The van der Waals surface area contributed by atoms with Crippen LogP contribution in [-0.4, -0.2) is 20.8 Å². The van der Waals surface area contributed by atoms with Crippen LogP contribution in [0.15, 0.2) is 34.6 Å². The summed E-state index contributed by atoms with van der Waals surface area (Å²) in [6.45, 7) is 0.697. The number of aryl methyl sites for hydroxylation is 1. The minimum Gasteiger partial charge on any atom is -0.310 e. The van der Waals surface area contributed by atoms with E-state index >= 15 is 0 Å². The molecule has 0 aliphatic heterocycles. The summed E-state index contributed by atoms with van der Waals surface area (Å²) in [5.41, 5.74) is 0.972. The Hall–Kier alpha value is -1.40. The van der Waals surface area contributed by atoms with Gasteiger partial charge in [-0.1, -0.05) is 12.1 Å². The van der Waals surface area contributed by atoms with Crippen molar-refractivity contribution in [1.82, 2.24) is 20.1 Å². The first-order chi connectivity index (χ1) is 9.24. The van der Waals surface area contributed by atoms with Crippen LogP contribution in [0.4, 0.5) is 4.39 Å². The third-order valence-corrected chi connectivity index (χ3v) is 4.28. The van der Waals surface area contributed by atoms with Crippen LogP contribution in [0, 0.1) is 5.82 Å². The van der Waals surface area contributed by atoms with Crippen molar-refractivity contribution >= 4 is 11.8 Å². The highest BCUT2D eigenvalue weighted by Crippen LogP contribution is 2.31. The lowest BCUT2D eigenvalue weighted by atomic mass is 10.2. The van der Waals surface area contributed by atoms with Crippen LogP contribution < -0.4 is 5.32 Å². The molecule has 2 aromatic rings. The Morgan fingerprint density at radius 2 is 2.32 bits per heavy atom. The van der Waals surface area contributed by atoms with Crippen molar-refractivity contribution in [2.45, 2.75) is 35.5 Å². The molecule has 0 bridgehead atoms. The van der Waals surface area contributed by atoms with E-state index in [0.29, 0.717) is 22.6 Å². The number of aromatic nitrogens is 3. The first-order valence-electron chi connectivity index (χ1n) is 6.26. The summed E-state index contributed by atoms with van der Waals surface area (Å²) in [6, 6.07) is 5.80. The minimum atomic E-state index is -0.205. The summed E-state index contributed by atoms with van der Waals surface area (Å²) in [5, 5.41) is 8.11. The van der Waals surface area contributed by atoms with Crippen molar-refractivity contribution in [3.05, 3.63) is 35.9 Å². The molecule has 3 rings (SSSR count). The number of rotatable bonds is 5. The largest absolute Gasteiger partial charge is 0.310 e. The molecule has 1 heterocycles. The maximum absolute atomic E-state index is 14.0. The molecule has 1 N–H and O–H groups in total. The normalized spacial score (nSPS) is 14.8. The van der Waals surface area contributed by atoms with E-state index in [-0.39, 0.29) is 5.82 Å². The number of hydrogen-bond donors (Lipinski definition) is 1. The Morgan fingerprint density at radius 3 is 3.00 bits per heavy atom. The lowest BCUT2D eigenvalue weighted by Gasteiger charge is -2.10. The third-order valence-electron chi connectivity index (χ3n) is 3.07. The van der Waals surface area contributed by atoms with E-state index in [0.717, 1.165) is 5.56 Å². The zero-order valence-electron chi connectivity index (χ0n) is 10.6. The molecule has 0 spiro atoms. The van der Waals surface area contributed by atoms with Crippen molar-refractivity contribution in [3.63, 3.8) is 0 Å². The SMILES string of the molecule is Cn1ncnc1Sc1c(F)cccc1CNC1CC1. The monoisotopic (exact) mass is 278 g/mol. The van der Waals surface area contributed by atoms with Gasteiger partial charge >= 0.3 is 0 Å². The van der Waals surface area contributed by atoms with E-state index in [4.69, 9.17) is 0 Å². The van der Waals surface area contributed by atoms with Gasteiger partial charge in [0, 0.05) is 19.6 Å². The Kier molecular flexibility index (Phi) is 3.52. The quantitative estimate of drug-likeness (QED) is 0.911. The zero-order valence-corrected chi connectivity index (χ0v) is 11.5. The van der Waals surface area contributed by atoms with Crippen molar-refractivity contribution in [1.29, 1.82) is 0 Å². The molecule has 0 atom stereocenters. The smallest absolute Gasteiger partial charge is 0.190 e. The second kappa shape index (κ2) is 5.30. The molecular weight excluding hydrogens is 263 g/mol. The average molecular weight is 278 g/mol. The lowest BCUT2D eigenvalue weighted by molar-refractivity contribution is 0.587. The Labute approximate surface area is 115 Å². The molecule has 1 aromatic carbocycles. The van der Waals surface area contributed by atoms with Crippen molar-refractivity contribution in [3.8, 4) is 0 Å². The molecule has 100 valence electrons. The van der Waals surface area contributed by atoms with Gasteiger partial charge in [0.1, 0.15) is 12.1 Å². The molecule has 0 amide bonds. The molecule has 0 saturated heterocycles. The summed E-state index contributed by atoms with van der Waals surface area (Å²) in [7, 11) is 1.80. The van der Waals surface area contributed by atoms with Gasteiger partial charge < -0.3 is 5.32 Å². The van der Waals surface area contributed by atoms with E-state index in [1.807, 2.05) is 6.07 Å². The molecule has 1 aliphatic carbocycles. The van der Waals surface area contributed by atoms with E-state index in [1.54, 1.807) is 17.8 Å². The van der Waals surface area contributed by atoms with Crippen LogP contribution in [0.3, 0.4) is 0 Å². The van der Waals surface area contributed by atoms with E-state index in [2.05, 4.69) is 15.4 Å². The predicted molar refractivity (Wildman–Crippen MR) is 71.4 cm³/mol. The van der Waals surface area contributed by atoms with Crippen LogP contribution in [0.2, 0.25) is 0 Å². The zero-order chi connectivity index (χ0) is 13.2. The number of hydrogen-bond acceptors (Lipinski definition) is 4. The second-order valence-electron chi connectivity index (χ2n) is 4.65. The second-order valence-corrected chi connectivity index (χ2v) is 5.63. The molecule has 6 heteroatoms. The molecule has 4 nitrogen and oxygen atoms in total. The Morgan fingerprint density at radius 1 is 1.47 bits per heavy atom. The van der Waals surface area contributed by atoms with E-state index in [9.17, 15) is 4.39 Å². The topological polar surface area (TPSA) is 42.7 Å². The highest BCUT2D eigenvalue weighted by molar-refractivity contribution is 7.99. The third kappa shape index (κ3) is 2.96. The molecule has 0 radical (unpaired) electrons. The fraction of sp³-hybridized carbons (Fsp3) is 0.385. The maximum Gasteiger partial charge on any atom is 0.190 e. The molecule has 1 aromatic heterocycles. The molecule has 1 saturated carbocycles. The van der Waals surface area contributed by atoms with Gasteiger partial charge in [-0.25, -0.2) is 14.1 Å². The van der Waals surface area contributed by atoms with Gasteiger partial charge in [-0.3, -0.25) is 0 Å². The average Bonchev–Trinajstić information content (AvgIpc) is 3.14.